The first-order valence-corrected chi connectivity index (χ1v) is 40.8. The van der Waals surface area contributed by atoms with Crippen LogP contribution in [0.5, 0.6) is 23.0 Å². The van der Waals surface area contributed by atoms with Crippen LogP contribution in [0.3, 0.4) is 0 Å². The predicted octanol–water partition coefficient (Wildman–Crippen LogP) is -2.07. The zero-order chi connectivity index (χ0) is 77.3. The number of ether oxygens (including phenoxy) is 8. The molecule has 52 nitrogen and oxygen atoms in total. The number of phosphoric acid groups is 8. The molecule has 4 saturated heterocycles. The summed E-state index contributed by atoms with van der Waals surface area (Å²) in [5.41, 5.74) is 6.06. The van der Waals surface area contributed by atoms with Crippen LogP contribution in [0.25, 0.3) is 22.3 Å². The predicted molar refractivity (Wildman–Crippen MR) is 331 cm³/mol. The summed E-state index contributed by atoms with van der Waals surface area (Å²) in [4.78, 5) is 98.8. The van der Waals surface area contributed by atoms with Gasteiger partial charge in [-0.25, -0.2) is 61.4 Å². The van der Waals surface area contributed by atoms with Gasteiger partial charge in [-0.1, -0.05) is 0 Å². The van der Waals surface area contributed by atoms with Crippen LogP contribution in [0.4, 0.5) is 5.82 Å². The van der Waals surface area contributed by atoms with E-state index in [1.54, 1.807) is 0 Å². The van der Waals surface area contributed by atoms with Crippen LogP contribution in [0.15, 0.2) is 73.8 Å². The van der Waals surface area contributed by atoms with E-state index in [2.05, 4.69) is 68.9 Å². The summed E-state index contributed by atoms with van der Waals surface area (Å²) in [6, 6.07) is 11.8. The van der Waals surface area contributed by atoms with Crippen molar-refractivity contribution in [1.82, 2.24) is 38.6 Å². The molecule has 586 valence electrons. The van der Waals surface area contributed by atoms with E-state index < -0.39 is 187 Å². The van der Waals surface area contributed by atoms with Gasteiger partial charge in [-0.3, -0.25) is 32.6 Å². The van der Waals surface area contributed by atoms with E-state index >= 15 is 0 Å². The normalized spacial score (nSPS) is 30.8. The lowest BCUT2D eigenvalue weighted by atomic mass is 10.1. The Balaban J connectivity index is 0.000000243. The third-order valence-corrected chi connectivity index (χ3v) is 26.2. The van der Waals surface area contributed by atoms with Gasteiger partial charge in [0, 0.05) is 7.05 Å². The maximum Gasteiger partial charge on any atom is 0.490 e. The smallest absolute Gasteiger partial charge is 0.490 e. The molecule has 4 fully saturated rings. The largest absolute Gasteiger partial charge is 0.497 e. The minimum atomic E-state index is -6.18. The van der Waals surface area contributed by atoms with E-state index in [1.165, 1.54) is 80.7 Å². The number of benzene rings is 2. The summed E-state index contributed by atoms with van der Waals surface area (Å²) in [6.07, 6.45) is -21.6. The SMILES string of the molecule is COc1ccc(O[C@@H]2O[C@H](COP(=O)(O)OP(=O)(O)OP(=O)(O)OP(=O)(O)OC[C@H]3O[C@@H](n4cnc5c(=N)n(C)cnc54)[C@H](O)[C@@H]3O)[C@@H](O)[C@H]2O)cc1.COc1ccc(O[C@@H]2O[C@H](COP(=O)(O)OP(=O)(O)OP(=O)(O)OP(=O)(O)OC[C@H]3O[C@@H](n4cnc5c(N)ncnc54)[C@H](O)[C@@H]3O)[C@@H](O)[C@H]2O)cc1. The average molecular weight is 1660 g/mol. The highest BCUT2D eigenvalue weighted by atomic mass is 31.3. The number of nitrogens with two attached hydrogens (primary N) is 1. The van der Waals surface area contributed by atoms with Crippen molar-refractivity contribution < 1.29 is 198 Å². The number of nitrogens with zero attached hydrogens (tertiary/aromatic N) is 8. The first kappa shape index (κ1) is 84.0. The quantitative estimate of drug-likeness (QED) is 0.0202. The first-order chi connectivity index (χ1) is 48.8. The minimum absolute atomic E-state index is 0.0113. The molecule has 0 aliphatic carbocycles. The molecule has 0 amide bonds. The van der Waals surface area contributed by atoms with Gasteiger partial charge in [0.25, 0.3) is 0 Å². The number of imidazole rings is 2. The molecule has 6 aromatic rings. The molecular formula is C45H64N10O42P8. The lowest BCUT2D eigenvalue weighted by Crippen LogP contribution is -2.35. The number of hydrogen-bond donors (Lipinski definition) is 18. The molecule has 4 aliphatic rings. The van der Waals surface area contributed by atoms with Crippen LogP contribution < -0.4 is 30.2 Å². The number of phosphoric ester groups is 4. The molecule has 8 heterocycles. The summed E-state index contributed by atoms with van der Waals surface area (Å²) in [6.45, 7) is -4.40. The van der Waals surface area contributed by atoms with Crippen molar-refractivity contribution in [2.24, 2.45) is 7.05 Å². The van der Waals surface area contributed by atoms with Gasteiger partial charge in [0.15, 0.2) is 35.1 Å². The molecule has 105 heavy (non-hydrogen) atoms. The van der Waals surface area contributed by atoms with Crippen molar-refractivity contribution in [2.75, 3.05) is 46.4 Å². The molecular weight excluding hydrogens is 1600 g/mol. The zero-order valence-corrected chi connectivity index (χ0v) is 60.2. The number of aromatic nitrogens is 8. The maximum absolute atomic E-state index is 12.4. The van der Waals surface area contributed by atoms with E-state index in [0.717, 1.165) is 28.1 Å². The molecule has 10 rings (SSSR count). The van der Waals surface area contributed by atoms with Gasteiger partial charge in [0.1, 0.15) is 114 Å². The number of hydrogen-bond acceptors (Lipinski definition) is 41. The number of anilines is 1. The second-order valence-electron chi connectivity index (χ2n) is 21.8. The van der Waals surface area contributed by atoms with E-state index in [4.69, 9.17) is 49.0 Å². The Morgan fingerprint density at radius 1 is 0.410 bits per heavy atom. The summed E-state index contributed by atoms with van der Waals surface area (Å²) < 4.78 is 186. The first-order valence-electron chi connectivity index (χ1n) is 28.8. The van der Waals surface area contributed by atoms with Crippen molar-refractivity contribution in [3.63, 3.8) is 0 Å². The van der Waals surface area contributed by atoms with Crippen LogP contribution in [-0.2, 0) is 106 Å². The van der Waals surface area contributed by atoms with Crippen molar-refractivity contribution in [3.05, 3.63) is 79.3 Å². The zero-order valence-electron chi connectivity index (χ0n) is 53.0. The highest BCUT2D eigenvalue weighted by Crippen LogP contribution is 2.73. The third kappa shape index (κ3) is 21.5. The highest BCUT2D eigenvalue weighted by Gasteiger charge is 2.53. The van der Waals surface area contributed by atoms with Gasteiger partial charge in [0.2, 0.25) is 12.6 Å². The molecule has 0 radical (unpaired) electrons. The standard InChI is InChI=1S/C23H33N5O21P4.C22H31N5O21P4/c1-27-9-26-21-15(20(27)24)25-10-28(21)22-18(31)16(29)13(45-22)7-42-50(33,34)47-52(37,38)49-53(39,40)48-51(35,36)43-8-14-17(30)19(32)23(46-14)44-12-5-3-11(41-2)4-6-12;1-40-10-2-4-11(5-3-10)43-22-18(31)16(29)13(45-22)7-42-50(34,35)47-52(38,39)48-51(36,37)46-49(32,33)41-6-12-15(28)17(30)21(44-12)27-9-26-14-19(23)24-8-25-20(14)27/h3-6,9-10,13-14,16-19,22-24,29-32H,7-8H2,1-2H3,(H,33,34)(H,35,36)(H,37,38)(H,39,40);2-5,8-9,12-13,15-18,21-22,28-31H,6-7H2,1H3,(H,32,33)(H,34,35)(H,36,37)(H,38,39)(H2,23,24,25)/t13-,14-,16-,17-,18-,19-,22-,23-;12-,13-,15-,16-,17-,18-,21-,22-/m11/s1. The lowest BCUT2D eigenvalue weighted by Gasteiger charge is -2.21. The van der Waals surface area contributed by atoms with E-state index in [1.807, 2.05) is 0 Å². The molecule has 4 aromatic heterocycles. The molecule has 4 aliphatic heterocycles. The number of methoxy groups -OCH3 is 2. The topological polar surface area (TPSA) is 755 Å². The summed E-state index contributed by atoms with van der Waals surface area (Å²) in [7, 11) is -43.3. The molecule has 0 bridgehead atoms. The van der Waals surface area contributed by atoms with Gasteiger partial charge in [-0.05, 0) is 48.5 Å². The van der Waals surface area contributed by atoms with Crippen molar-refractivity contribution in [3.8, 4) is 23.0 Å². The van der Waals surface area contributed by atoms with Gasteiger partial charge in [-0.2, -0.15) is 25.9 Å². The number of aliphatic hydroxyl groups excluding tert-OH is 8. The molecule has 8 unspecified atom stereocenters. The molecule has 60 heteroatoms. The Morgan fingerprint density at radius 2 is 0.714 bits per heavy atom. The second-order valence-corrected chi connectivity index (χ2v) is 34.2. The van der Waals surface area contributed by atoms with Gasteiger partial charge in [-0.15, -0.1) is 0 Å². The van der Waals surface area contributed by atoms with Crippen molar-refractivity contribution >= 4 is 90.7 Å². The number of aryl methyl sites for hydroxylation is 1. The molecule has 0 saturated carbocycles. The van der Waals surface area contributed by atoms with Gasteiger partial charge < -0.3 is 128 Å². The van der Waals surface area contributed by atoms with Gasteiger partial charge in [0.05, 0.1) is 59.6 Å². The summed E-state index contributed by atoms with van der Waals surface area (Å²) in [5, 5.41) is 90.8. The third-order valence-electron chi connectivity index (χ3n) is 14.4. The van der Waals surface area contributed by atoms with E-state index in [-0.39, 0.29) is 45.1 Å². The maximum atomic E-state index is 12.4. The Morgan fingerprint density at radius 3 is 1.07 bits per heavy atom. The number of nitrogen functional groups attached to an aromatic ring is 1. The monoisotopic (exact) mass is 1660 g/mol. The lowest BCUT2D eigenvalue weighted by molar-refractivity contribution is -0.115. The fourth-order valence-electron chi connectivity index (χ4n) is 9.53. The second kappa shape index (κ2) is 33.3. The Labute approximate surface area is 585 Å². The van der Waals surface area contributed by atoms with Crippen LogP contribution in [0.1, 0.15) is 12.5 Å². The Bertz CT molecular complexity index is 4510. The van der Waals surface area contributed by atoms with Crippen molar-refractivity contribution in [1.29, 1.82) is 5.41 Å². The molecule has 24 atom stereocenters. The highest BCUT2D eigenvalue weighted by molar-refractivity contribution is 7.70. The average Bonchev–Trinajstić information content (AvgIpc) is 1.62. The fraction of sp³-hybridized carbons (Fsp3) is 0.511. The number of nitrogens with one attached hydrogen (secondary N) is 1. The van der Waals surface area contributed by atoms with Crippen LogP contribution in [-0.4, -0.2) is 245 Å². The Hall–Kier alpha value is -5.02. The number of rotatable bonds is 32. The van der Waals surface area contributed by atoms with Crippen molar-refractivity contribution in [2.45, 2.75) is 98.3 Å². The molecule has 19 N–H and O–H groups in total. The molecule has 0 spiro atoms. The molecule has 2 aromatic carbocycles. The summed E-state index contributed by atoms with van der Waals surface area (Å²) >= 11 is 0. The van der Waals surface area contributed by atoms with Crippen LogP contribution >= 0.6 is 62.6 Å². The van der Waals surface area contributed by atoms with Crippen LogP contribution in [0, 0.1) is 5.41 Å². The van der Waals surface area contributed by atoms with E-state index in [0.29, 0.717) is 11.5 Å². The Kier molecular flexibility index (Phi) is 26.6. The van der Waals surface area contributed by atoms with E-state index in [9.17, 15) is 117 Å². The minimum Gasteiger partial charge on any atom is -0.497 e. The fourth-order valence-corrected chi connectivity index (χ4v) is 19.4. The number of aliphatic hydroxyl groups is 8. The van der Waals surface area contributed by atoms with Crippen LogP contribution in [0.2, 0.25) is 0 Å². The summed E-state index contributed by atoms with van der Waals surface area (Å²) in [5.74, 6) is 1.28. The van der Waals surface area contributed by atoms with Gasteiger partial charge >= 0.3 is 62.6 Å². The number of fused-ring (bicyclic) bond motifs is 2.